The Morgan fingerprint density at radius 3 is 2.43 bits per heavy atom. The number of carbonyl (C=O) groups is 1. The van der Waals surface area contributed by atoms with Crippen LogP contribution in [0.1, 0.15) is 22.3 Å². The van der Waals surface area contributed by atoms with E-state index in [1.165, 1.54) is 0 Å². The third-order valence-corrected chi connectivity index (χ3v) is 3.40. The van der Waals surface area contributed by atoms with E-state index in [-0.39, 0.29) is 0 Å². The number of esters is 1. The van der Waals surface area contributed by atoms with E-state index in [9.17, 15) is 4.79 Å². The fourth-order valence-corrected chi connectivity index (χ4v) is 2.12. The van der Waals surface area contributed by atoms with Crippen molar-refractivity contribution in [2.75, 3.05) is 0 Å². The molecule has 0 unspecified atom stereocenters. The molecule has 0 aromatic heterocycles. The molecule has 0 spiro atoms. The van der Waals surface area contributed by atoms with Crippen LogP contribution in [0.25, 0.3) is 6.08 Å². The van der Waals surface area contributed by atoms with Crippen molar-refractivity contribution in [3.63, 3.8) is 0 Å². The lowest BCUT2D eigenvalue weighted by molar-refractivity contribution is -0.129. The van der Waals surface area contributed by atoms with Gasteiger partial charge in [-0.05, 0) is 43.2 Å². The van der Waals surface area contributed by atoms with Crippen LogP contribution >= 0.6 is 0 Å². The average Bonchev–Trinajstić information content (AvgIpc) is 2.83. The largest absolute Gasteiger partial charge is 0.402 e. The molecule has 0 radical (unpaired) electrons. The molecule has 0 aliphatic carbocycles. The first-order chi connectivity index (χ1) is 10.1. The van der Waals surface area contributed by atoms with E-state index in [2.05, 4.69) is 4.99 Å². The van der Waals surface area contributed by atoms with Crippen molar-refractivity contribution in [2.45, 2.75) is 13.8 Å². The van der Waals surface area contributed by atoms with E-state index in [1.807, 2.05) is 62.4 Å². The third-order valence-electron chi connectivity index (χ3n) is 3.40. The molecule has 2 aromatic carbocycles. The summed E-state index contributed by atoms with van der Waals surface area (Å²) in [6.07, 6.45) is 1.76. The van der Waals surface area contributed by atoms with Gasteiger partial charge in [0, 0.05) is 5.56 Å². The second kappa shape index (κ2) is 5.37. The number of aliphatic imine (C=N–C) groups is 1. The van der Waals surface area contributed by atoms with Crippen LogP contribution in [0.5, 0.6) is 0 Å². The SMILES string of the molecule is Cc1ccc(C2=N/C(=C/c3ccccc3C)C(=O)O2)cc1. The van der Waals surface area contributed by atoms with Crippen LogP contribution in [0.15, 0.2) is 59.2 Å². The second-order valence-electron chi connectivity index (χ2n) is 5.06. The molecule has 3 nitrogen and oxygen atoms in total. The predicted molar refractivity (Wildman–Crippen MR) is 83.0 cm³/mol. The molecule has 3 heteroatoms. The van der Waals surface area contributed by atoms with Crippen molar-refractivity contribution in [1.82, 2.24) is 0 Å². The van der Waals surface area contributed by atoms with Crippen molar-refractivity contribution in [2.24, 2.45) is 4.99 Å². The minimum Gasteiger partial charge on any atom is -0.402 e. The van der Waals surface area contributed by atoms with Gasteiger partial charge < -0.3 is 4.74 Å². The summed E-state index contributed by atoms with van der Waals surface area (Å²) in [6, 6.07) is 15.6. The Balaban J connectivity index is 1.96. The highest BCUT2D eigenvalue weighted by Gasteiger charge is 2.24. The summed E-state index contributed by atoms with van der Waals surface area (Å²) in [5, 5.41) is 0. The Labute approximate surface area is 123 Å². The van der Waals surface area contributed by atoms with Crippen LogP contribution in [0.2, 0.25) is 0 Å². The number of hydrogen-bond donors (Lipinski definition) is 0. The van der Waals surface area contributed by atoms with Crippen molar-refractivity contribution < 1.29 is 9.53 Å². The molecular weight excluding hydrogens is 262 g/mol. The number of rotatable bonds is 2. The lowest BCUT2D eigenvalue weighted by Gasteiger charge is -1.99. The van der Waals surface area contributed by atoms with Gasteiger partial charge in [0.15, 0.2) is 5.70 Å². The number of aryl methyl sites for hydroxylation is 2. The monoisotopic (exact) mass is 277 g/mol. The number of nitrogens with zero attached hydrogens (tertiary/aromatic N) is 1. The van der Waals surface area contributed by atoms with Crippen molar-refractivity contribution in [3.05, 3.63) is 76.5 Å². The van der Waals surface area contributed by atoms with Gasteiger partial charge in [-0.1, -0.05) is 42.0 Å². The molecule has 0 saturated carbocycles. The van der Waals surface area contributed by atoms with Crippen LogP contribution in [0.4, 0.5) is 0 Å². The fourth-order valence-electron chi connectivity index (χ4n) is 2.12. The van der Waals surface area contributed by atoms with Crippen LogP contribution in [-0.4, -0.2) is 11.9 Å². The van der Waals surface area contributed by atoms with Crippen LogP contribution < -0.4 is 0 Å². The van der Waals surface area contributed by atoms with Crippen molar-refractivity contribution >= 4 is 17.9 Å². The minimum absolute atomic E-state index is 0.333. The highest BCUT2D eigenvalue weighted by atomic mass is 16.6. The molecule has 0 atom stereocenters. The molecule has 1 heterocycles. The van der Waals surface area contributed by atoms with Gasteiger partial charge in [0.2, 0.25) is 5.90 Å². The highest BCUT2D eigenvalue weighted by Crippen LogP contribution is 2.20. The van der Waals surface area contributed by atoms with Crippen molar-refractivity contribution in [1.29, 1.82) is 0 Å². The summed E-state index contributed by atoms with van der Waals surface area (Å²) in [7, 11) is 0. The van der Waals surface area contributed by atoms with E-state index in [1.54, 1.807) is 6.08 Å². The molecule has 0 saturated heterocycles. The van der Waals surface area contributed by atoms with Crippen molar-refractivity contribution in [3.8, 4) is 0 Å². The van der Waals surface area contributed by atoms with E-state index in [4.69, 9.17) is 4.74 Å². The zero-order valence-electron chi connectivity index (χ0n) is 12.0. The quantitative estimate of drug-likeness (QED) is 0.621. The van der Waals surface area contributed by atoms with Gasteiger partial charge in [-0.2, -0.15) is 0 Å². The summed E-state index contributed by atoms with van der Waals surface area (Å²) >= 11 is 0. The van der Waals surface area contributed by atoms with E-state index >= 15 is 0 Å². The lowest BCUT2D eigenvalue weighted by atomic mass is 10.1. The molecule has 21 heavy (non-hydrogen) atoms. The number of ether oxygens (including phenoxy) is 1. The van der Waals surface area contributed by atoms with Crippen LogP contribution in [0.3, 0.4) is 0 Å². The fraction of sp³-hybridized carbons (Fsp3) is 0.111. The van der Waals surface area contributed by atoms with Gasteiger partial charge in [0.1, 0.15) is 0 Å². The standard InChI is InChI=1S/C18H15NO2/c1-12-7-9-14(10-8-12)17-19-16(18(20)21-17)11-15-6-4-3-5-13(15)2/h3-11H,1-2H3/b16-11+. The summed E-state index contributed by atoms with van der Waals surface area (Å²) < 4.78 is 5.25. The van der Waals surface area contributed by atoms with E-state index in [0.717, 1.165) is 22.3 Å². The van der Waals surface area contributed by atoms with E-state index < -0.39 is 5.97 Å². The average molecular weight is 277 g/mol. The highest BCUT2D eigenvalue weighted by molar-refractivity contribution is 6.12. The van der Waals surface area contributed by atoms with Crippen LogP contribution in [-0.2, 0) is 9.53 Å². The molecule has 104 valence electrons. The van der Waals surface area contributed by atoms with Gasteiger partial charge >= 0.3 is 5.97 Å². The molecule has 0 fully saturated rings. The van der Waals surface area contributed by atoms with E-state index in [0.29, 0.717) is 11.6 Å². The van der Waals surface area contributed by atoms with Gasteiger partial charge in [0.05, 0.1) is 0 Å². The normalized spacial score (nSPS) is 16.0. The summed E-state index contributed by atoms with van der Waals surface area (Å²) in [4.78, 5) is 16.2. The van der Waals surface area contributed by atoms with Gasteiger partial charge in [0.25, 0.3) is 0 Å². The topological polar surface area (TPSA) is 38.7 Å². The van der Waals surface area contributed by atoms with Gasteiger partial charge in [-0.15, -0.1) is 0 Å². The summed E-state index contributed by atoms with van der Waals surface area (Å²) in [5.74, 6) is -0.0475. The van der Waals surface area contributed by atoms with Crippen LogP contribution in [0, 0.1) is 13.8 Å². The maximum Gasteiger partial charge on any atom is 0.363 e. The van der Waals surface area contributed by atoms with Gasteiger partial charge in [-0.3, -0.25) is 0 Å². The minimum atomic E-state index is -0.408. The summed E-state index contributed by atoms with van der Waals surface area (Å²) in [6.45, 7) is 4.01. The molecular formula is C18H15NO2. The zero-order valence-corrected chi connectivity index (χ0v) is 12.0. The Morgan fingerprint density at radius 2 is 1.71 bits per heavy atom. The first-order valence-corrected chi connectivity index (χ1v) is 6.79. The molecule has 1 aliphatic heterocycles. The maximum atomic E-state index is 11.9. The lowest BCUT2D eigenvalue weighted by Crippen LogP contribution is -2.05. The molecule has 3 rings (SSSR count). The second-order valence-corrected chi connectivity index (χ2v) is 5.06. The number of hydrogen-bond acceptors (Lipinski definition) is 3. The molecule has 0 amide bonds. The Bertz CT molecular complexity index is 755. The summed E-state index contributed by atoms with van der Waals surface area (Å²) in [5.41, 5.74) is 4.36. The molecule has 0 N–H and O–H groups in total. The molecule has 0 bridgehead atoms. The Kier molecular flexibility index (Phi) is 3.40. The number of carbonyl (C=O) groups excluding carboxylic acids is 1. The molecule has 1 aliphatic rings. The molecule has 2 aromatic rings. The first-order valence-electron chi connectivity index (χ1n) is 6.79. The Morgan fingerprint density at radius 1 is 1.00 bits per heavy atom. The first kappa shape index (κ1) is 13.3. The van der Waals surface area contributed by atoms with Gasteiger partial charge in [-0.25, -0.2) is 9.79 Å². The Hall–Kier alpha value is -2.68. The number of cyclic esters (lactones) is 1. The zero-order chi connectivity index (χ0) is 14.8. The smallest absolute Gasteiger partial charge is 0.363 e. The third kappa shape index (κ3) is 2.77. The number of benzene rings is 2. The maximum absolute atomic E-state index is 11.9. The predicted octanol–water partition coefficient (Wildman–Crippen LogP) is 3.65.